The molecule has 2 aromatic rings. The standard InChI is InChI=1S/C23H31N5O2S/c1-15(2)28-11-20(24-14-28)19-10-27(21(29)8-17-4-5-17)13-23(19)6-7-26(22(23)30)9-18-12-31-16(3)25-18/h11-12,14-15,17,19H,4-10,13H2,1-3H3. The lowest BCUT2D eigenvalue weighted by Gasteiger charge is -2.27. The number of likely N-dealkylation sites (tertiary alicyclic amines) is 2. The van der Waals surface area contributed by atoms with Crippen LogP contribution in [0.4, 0.5) is 0 Å². The minimum Gasteiger partial charge on any atom is -0.341 e. The molecule has 2 amide bonds. The number of amides is 2. The third-order valence-corrected chi connectivity index (χ3v) is 8.01. The van der Waals surface area contributed by atoms with Gasteiger partial charge in [0.2, 0.25) is 11.8 Å². The number of imidazole rings is 1. The Hall–Kier alpha value is -2.22. The van der Waals surface area contributed by atoms with Crippen molar-refractivity contribution in [1.82, 2.24) is 24.3 Å². The summed E-state index contributed by atoms with van der Waals surface area (Å²) in [6.07, 6.45) is 7.64. The number of aromatic nitrogens is 3. The van der Waals surface area contributed by atoms with Crippen LogP contribution in [0.5, 0.6) is 0 Å². The molecule has 1 spiro atoms. The number of nitrogens with zero attached hydrogens (tertiary/aromatic N) is 5. The van der Waals surface area contributed by atoms with Crippen LogP contribution in [-0.4, -0.2) is 55.8 Å². The van der Waals surface area contributed by atoms with Crippen LogP contribution in [0.25, 0.3) is 0 Å². The third kappa shape index (κ3) is 3.79. The first-order valence-electron chi connectivity index (χ1n) is 11.4. The monoisotopic (exact) mass is 441 g/mol. The Balaban J connectivity index is 1.42. The van der Waals surface area contributed by atoms with Crippen molar-refractivity contribution in [2.24, 2.45) is 11.3 Å². The second-order valence-electron chi connectivity index (χ2n) is 9.80. The predicted octanol–water partition coefficient (Wildman–Crippen LogP) is 3.37. The minimum atomic E-state index is -0.569. The molecule has 1 aliphatic carbocycles. The lowest BCUT2D eigenvalue weighted by atomic mass is 9.75. The third-order valence-electron chi connectivity index (χ3n) is 7.19. The van der Waals surface area contributed by atoms with E-state index in [-0.39, 0.29) is 17.7 Å². The highest BCUT2D eigenvalue weighted by Gasteiger charge is 2.58. The summed E-state index contributed by atoms with van der Waals surface area (Å²) in [7, 11) is 0. The lowest BCUT2D eigenvalue weighted by molar-refractivity contribution is -0.137. The maximum atomic E-state index is 13.8. The molecule has 8 heteroatoms. The van der Waals surface area contributed by atoms with Crippen LogP contribution in [0.3, 0.4) is 0 Å². The van der Waals surface area contributed by atoms with Crippen LogP contribution in [0.1, 0.15) is 67.9 Å². The van der Waals surface area contributed by atoms with E-state index in [9.17, 15) is 9.59 Å². The topological polar surface area (TPSA) is 71.3 Å². The van der Waals surface area contributed by atoms with Gasteiger partial charge in [-0.3, -0.25) is 9.59 Å². The maximum Gasteiger partial charge on any atom is 0.231 e. The molecule has 2 atom stereocenters. The van der Waals surface area contributed by atoms with E-state index in [1.165, 1.54) is 0 Å². The van der Waals surface area contributed by atoms with Gasteiger partial charge in [-0.05, 0) is 46.0 Å². The smallest absolute Gasteiger partial charge is 0.231 e. The van der Waals surface area contributed by atoms with Gasteiger partial charge in [0.05, 0.1) is 34.7 Å². The van der Waals surface area contributed by atoms with Crippen molar-refractivity contribution in [3.8, 4) is 0 Å². The molecule has 1 saturated carbocycles. The van der Waals surface area contributed by atoms with Crippen LogP contribution < -0.4 is 0 Å². The molecule has 0 N–H and O–H groups in total. The van der Waals surface area contributed by atoms with E-state index in [1.54, 1.807) is 11.3 Å². The Morgan fingerprint density at radius 1 is 1.35 bits per heavy atom. The van der Waals surface area contributed by atoms with Crippen LogP contribution >= 0.6 is 11.3 Å². The number of carbonyl (C=O) groups is 2. The number of hydrogen-bond acceptors (Lipinski definition) is 5. The molecular formula is C23H31N5O2S. The molecule has 2 aromatic heterocycles. The molecule has 166 valence electrons. The largest absolute Gasteiger partial charge is 0.341 e. The first-order chi connectivity index (χ1) is 14.9. The molecule has 7 nitrogen and oxygen atoms in total. The van der Waals surface area contributed by atoms with Crippen molar-refractivity contribution in [2.75, 3.05) is 19.6 Å². The van der Waals surface area contributed by atoms with E-state index in [2.05, 4.69) is 29.6 Å². The molecule has 5 rings (SSSR count). The fraction of sp³-hybridized carbons (Fsp3) is 0.652. The Morgan fingerprint density at radius 3 is 2.81 bits per heavy atom. The number of hydrogen-bond donors (Lipinski definition) is 0. The van der Waals surface area contributed by atoms with Crippen LogP contribution in [0, 0.1) is 18.3 Å². The summed E-state index contributed by atoms with van der Waals surface area (Å²) < 4.78 is 2.09. The van der Waals surface area contributed by atoms with Crippen molar-refractivity contribution in [3.63, 3.8) is 0 Å². The highest BCUT2D eigenvalue weighted by atomic mass is 32.1. The zero-order valence-corrected chi connectivity index (χ0v) is 19.4. The zero-order valence-electron chi connectivity index (χ0n) is 18.6. The molecule has 2 unspecified atom stereocenters. The van der Waals surface area contributed by atoms with Gasteiger partial charge in [-0.2, -0.15) is 0 Å². The van der Waals surface area contributed by atoms with Gasteiger partial charge in [-0.15, -0.1) is 11.3 Å². The van der Waals surface area contributed by atoms with Crippen molar-refractivity contribution in [3.05, 3.63) is 34.3 Å². The van der Waals surface area contributed by atoms with Gasteiger partial charge >= 0.3 is 0 Å². The van der Waals surface area contributed by atoms with Crippen LogP contribution in [-0.2, 0) is 16.1 Å². The SMILES string of the molecule is Cc1nc(CN2CCC3(CN(C(=O)CC4CC4)CC3c3cn(C(C)C)cn3)C2=O)cs1. The van der Waals surface area contributed by atoms with Gasteiger partial charge in [-0.1, -0.05) is 0 Å². The summed E-state index contributed by atoms with van der Waals surface area (Å²) in [6, 6.07) is 0.315. The average Bonchev–Trinajstić information content (AvgIpc) is 3.11. The van der Waals surface area contributed by atoms with E-state index in [4.69, 9.17) is 4.98 Å². The van der Waals surface area contributed by atoms with E-state index < -0.39 is 5.41 Å². The van der Waals surface area contributed by atoms with Gasteiger partial charge in [-0.25, -0.2) is 9.97 Å². The second-order valence-corrected chi connectivity index (χ2v) is 10.9. The highest BCUT2D eigenvalue weighted by Crippen LogP contribution is 2.50. The summed E-state index contributed by atoms with van der Waals surface area (Å²) in [4.78, 5) is 39.9. The molecule has 0 radical (unpaired) electrons. The zero-order chi connectivity index (χ0) is 21.8. The van der Waals surface area contributed by atoms with E-state index in [0.717, 1.165) is 35.7 Å². The van der Waals surface area contributed by atoms with E-state index >= 15 is 0 Å². The van der Waals surface area contributed by atoms with Crippen LogP contribution in [0.15, 0.2) is 17.9 Å². The van der Waals surface area contributed by atoms with Gasteiger partial charge in [0.15, 0.2) is 0 Å². The summed E-state index contributed by atoms with van der Waals surface area (Å²) in [5.74, 6) is 0.856. The van der Waals surface area contributed by atoms with Crippen molar-refractivity contribution >= 4 is 23.2 Å². The summed E-state index contributed by atoms with van der Waals surface area (Å²) in [5, 5.41) is 3.06. The summed E-state index contributed by atoms with van der Waals surface area (Å²) >= 11 is 1.62. The predicted molar refractivity (Wildman–Crippen MR) is 119 cm³/mol. The first-order valence-corrected chi connectivity index (χ1v) is 12.3. The number of rotatable bonds is 6. The molecule has 3 fully saturated rings. The fourth-order valence-electron chi connectivity index (χ4n) is 5.15. The van der Waals surface area contributed by atoms with Crippen molar-refractivity contribution in [1.29, 1.82) is 0 Å². The quantitative estimate of drug-likeness (QED) is 0.689. The van der Waals surface area contributed by atoms with E-state index in [1.807, 2.05) is 28.4 Å². The van der Waals surface area contributed by atoms with Crippen molar-refractivity contribution in [2.45, 2.75) is 65.0 Å². The summed E-state index contributed by atoms with van der Waals surface area (Å²) in [6.45, 7) is 8.61. The fourth-order valence-corrected chi connectivity index (χ4v) is 5.75. The maximum absolute atomic E-state index is 13.8. The number of aryl methyl sites for hydroxylation is 1. The minimum absolute atomic E-state index is 0.0506. The Morgan fingerprint density at radius 2 is 2.16 bits per heavy atom. The lowest BCUT2D eigenvalue weighted by Crippen LogP contribution is -2.40. The molecule has 0 aromatic carbocycles. The Labute approximate surface area is 187 Å². The normalized spacial score (nSPS) is 26.1. The van der Waals surface area contributed by atoms with Crippen molar-refractivity contribution < 1.29 is 9.59 Å². The molecule has 4 heterocycles. The molecule has 3 aliphatic rings. The van der Waals surface area contributed by atoms with Gasteiger partial charge in [0.1, 0.15) is 0 Å². The summed E-state index contributed by atoms with van der Waals surface area (Å²) in [5.41, 5.74) is 1.32. The molecule has 31 heavy (non-hydrogen) atoms. The highest BCUT2D eigenvalue weighted by molar-refractivity contribution is 7.09. The molecule has 2 aliphatic heterocycles. The molecule has 2 saturated heterocycles. The first kappa shape index (κ1) is 20.7. The number of thiazole rings is 1. The van der Waals surface area contributed by atoms with Gasteiger partial charge in [0.25, 0.3) is 0 Å². The Bertz CT molecular complexity index is 994. The second kappa shape index (κ2) is 7.73. The van der Waals surface area contributed by atoms with E-state index in [0.29, 0.717) is 44.6 Å². The molecular weight excluding hydrogens is 410 g/mol. The average molecular weight is 442 g/mol. The van der Waals surface area contributed by atoms with Gasteiger partial charge in [0, 0.05) is 49.6 Å². The molecule has 0 bridgehead atoms. The van der Waals surface area contributed by atoms with Gasteiger partial charge < -0.3 is 14.4 Å². The Kier molecular flexibility index (Phi) is 5.15. The number of carbonyl (C=O) groups excluding carboxylic acids is 2. The van der Waals surface area contributed by atoms with Crippen LogP contribution in [0.2, 0.25) is 0 Å².